The maximum Gasteiger partial charge on any atom is 0.416 e. The third-order valence-corrected chi connectivity index (χ3v) is 10.4. The Balaban J connectivity index is 1.74. The predicted molar refractivity (Wildman–Crippen MR) is 203 cm³/mol. The second-order valence-corrected chi connectivity index (χ2v) is 13.5. The number of hydrogen-bond acceptors (Lipinski definition) is 6. The molecular weight excluding hydrogens is 713 g/mol. The number of amides is 2. The molecule has 3 N–H and O–H groups in total. The van der Waals surface area contributed by atoms with E-state index in [1.807, 2.05) is 33.8 Å². The summed E-state index contributed by atoms with van der Waals surface area (Å²) >= 11 is 0. The molecule has 0 radical (unpaired) electrons. The fourth-order valence-electron chi connectivity index (χ4n) is 7.17. The average molecular weight is 759 g/mol. The van der Waals surface area contributed by atoms with Crippen LogP contribution in [-0.2, 0) is 47.7 Å². The molecule has 55 heavy (non-hydrogen) atoms. The molecule has 2 aliphatic heterocycles. The van der Waals surface area contributed by atoms with Gasteiger partial charge >= 0.3 is 18.1 Å². The molecule has 13 heteroatoms. The van der Waals surface area contributed by atoms with Crippen LogP contribution in [0.3, 0.4) is 0 Å². The summed E-state index contributed by atoms with van der Waals surface area (Å²) in [4.78, 5) is 61.3. The van der Waals surface area contributed by atoms with E-state index in [0.717, 1.165) is 40.0 Å². The monoisotopic (exact) mass is 758 g/mol. The van der Waals surface area contributed by atoms with Crippen LogP contribution in [0.25, 0.3) is 17.7 Å². The number of aromatic amines is 2. The Kier molecular flexibility index (Phi) is 12.0. The van der Waals surface area contributed by atoms with Crippen LogP contribution in [0.15, 0.2) is 57.2 Å². The van der Waals surface area contributed by atoms with Gasteiger partial charge in [0, 0.05) is 52.0 Å². The van der Waals surface area contributed by atoms with Gasteiger partial charge in [-0.15, -0.1) is 0 Å². The normalized spacial score (nSPS) is 16.4. The largest absolute Gasteiger partial charge is 0.469 e. The maximum absolute atomic E-state index is 13.6. The molecule has 0 fully saturated rings. The zero-order valence-electron chi connectivity index (χ0n) is 32.2. The van der Waals surface area contributed by atoms with Crippen LogP contribution in [0.1, 0.15) is 98.1 Å². The fraction of sp³-hybridized carbons (Fsp3) is 0.357. The summed E-state index contributed by atoms with van der Waals surface area (Å²) in [5.41, 5.74) is 8.38. The van der Waals surface area contributed by atoms with Crippen LogP contribution in [-0.4, -0.2) is 53.7 Å². The second-order valence-electron chi connectivity index (χ2n) is 13.5. The van der Waals surface area contributed by atoms with E-state index in [1.165, 1.54) is 26.4 Å². The van der Waals surface area contributed by atoms with Crippen molar-refractivity contribution in [2.45, 2.75) is 86.2 Å². The van der Waals surface area contributed by atoms with Crippen molar-refractivity contribution < 1.29 is 41.8 Å². The predicted octanol–water partition coefficient (Wildman–Crippen LogP) is 6.12. The van der Waals surface area contributed by atoms with Gasteiger partial charge in [0.15, 0.2) is 0 Å². The summed E-state index contributed by atoms with van der Waals surface area (Å²) in [6, 6.07) is 4.87. The van der Waals surface area contributed by atoms with Crippen LogP contribution in [0, 0.1) is 13.8 Å². The number of halogens is 3. The molecule has 10 nitrogen and oxygen atoms in total. The Labute approximate surface area is 317 Å². The first-order chi connectivity index (χ1) is 26.0. The number of allylic oxidation sites excluding steroid dienone is 2. The lowest BCUT2D eigenvalue weighted by Gasteiger charge is -2.13. The number of benzene rings is 1. The topological polar surface area (TPSA) is 143 Å². The van der Waals surface area contributed by atoms with E-state index >= 15 is 0 Å². The number of hydrogen-bond donors (Lipinski definition) is 3. The maximum atomic E-state index is 13.6. The highest BCUT2D eigenvalue weighted by Crippen LogP contribution is 2.33. The summed E-state index contributed by atoms with van der Waals surface area (Å²) in [7, 11) is 2.63. The molecule has 0 unspecified atom stereocenters. The fourth-order valence-corrected chi connectivity index (χ4v) is 7.17. The van der Waals surface area contributed by atoms with E-state index in [9.17, 15) is 32.3 Å². The Morgan fingerprint density at radius 1 is 0.782 bits per heavy atom. The van der Waals surface area contributed by atoms with E-state index in [-0.39, 0.29) is 37.0 Å². The lowest BCUT2D eigenvalue weighted by Crippen LogP contribution is -2.22. The van der Waals surface area contributed by atoms with Crippen molar-refractivity contribution in [1.29, 1.82) is 0 Å². The molecule has 4 heterocycles. The molecule has 3 aromatic rings. The van der Waals surface area contributed by atoms with Crippen molar-refractivity contribution in [3.05, 3.63) is 108 Å². The number of aromatic nitrogens is 2. The Morgan fingerprint density at radius 2 is 1.42 bits per heavy atom. The Bertz CT molecular complexity index is 2330. The molecule has 0 saturated heterocycles. The Morgan fingerprint density at radius 3 is 2.00 bits per heavy atom. The van der Waals surface area contributed by atoms with E-state index < -0.39 is 17.7 Å². The molecule has 1 aromatic carbocycles. The summed E-state index contributed by atoms with van der Waals surface area (Å²) in [6.45, 7) is 11.2. The van der Waals surface area contributed by atoms with Gasteiger partial charge in [-0.1, -0.05) is 26.0 Å². The van der Waals surface area contributed by atoms with Crippen molar-refractivity contribution in [1.82, 2.24) is 15.3 Å². The number of aliphatic imine (C=N–C) groups is 1. The number of carbonyl (C=O) groups excluding carboxylic acids is 4. The highest BCUT2D eigenvalue weighted by atomic mass is 19.4. The second kappa shape index (κ2) is 16.3. The number of alkyl halides is 3. The average Bonchev–Trinajstić information content (AvgIpc) is 3.81. The third-order valence-electron chi connectivity index (χ3n) is 10.4. The van der Waals surface area contributed by atoms with E-state index in [2.05, 4.69) is 20.3 Å². The van der Waals surface area contributed by atoms with Gasteiger partial charge in [-0.05, 0) is 117 Å². The number of ether oxygens (including phenoxy) is 2. The van der Waals surface area contributed by atoms with Gasteiger partial charge < -0.3 is 24.8 Å². The minimum atomic E-state index is -4.52. The molecular formula is C42H45F3N4O6. The quantitative estimate of drug-likeness (QED) is 0.190. The molecule has 5 rings (SSSR count). The van der Waals surface area contributed by atoms with Crippen molar-refractivity contribution in [3.63, 3.8) is 0 Å². The van der Waals surface area contributed by atoms with Crippen LogP contribution in [0.2, 0.25) is 0 Å². The summed E-state index contributed by atoms with van der Waals surface area (Å²) in [5, 5.41) is 4.25. The summed E-state index contributed by atoms with van der Waals surface area (Å²) in [5.74, 6) is -1.45. The minimum Gasteiger partial charge on any atom is -0.469 e. The molecule has 0 aliphatic carbocycles. The number of H-pyrrole nitrogens is 2. The first-order valence-electron chi connectivity index (χ1n) is 18.1. The van der Waals surface area contributed by atoms with E-state index in [0.29, 0.717) is 80.6 Å². The number of rotatable bonds is 12. The molecule has 290 valence electrons. The number of nitrogens with one attached hydrogen (secondary N) is 3. The molecule has 0 spiro atoms. The van der Waals surface area contributed by atoms with Gasteiger partial charge in [0.2, 0.25) is 0 Å². The molecule has 0 atom stereocenters. The van der Waals surface area contributed by atoms with Crippen LogP contribution < -0.4 is 16.0 Å². The van der Waals surface area contributed by atoms with Gasteiger partial charge in [-0.25, -0.2) is 4.99 Å². The lowest BCUT2D eigenvalue weighted by atomic mass is 9.91. The third kappa shape index (κ3) is 8.20. The lowest BCUT2D eigenvalue weighted by molar-refractivity contribution is -0.141. The van der Waals surface area contributed by atoms with Crippen molar-refractivity contribution in [2.75, 3.05) is 14.2 Å². The number of nitrogens with zero attached hydrogens (tertiary/aromatic N) is 1. The van der Waals surface area contributed by atoms with Gasteiger partial charge in [-0.3, -0.25) is 19.2 Å². The van der Waals surface area contributed by atoms with Crippen LogP contribution in [0.4, 0.5) is 13.2 Å². The standard InChI is InChI=1S/C42H45F3N4O6/c1-9-27-21(3)32(47-38(27)37(39-28(10-2)23(5)41(53)49-39)25-11-13-26(14-12-25)42(43,44)45)19-31-22(4)29(15-17-35(50)54-7)33(46-31)20-34-30(16-18-36(51)55-8)24(6)40(52)48-34/h11-14,19-20,46-47H,9-10,15-18H2,1-8H3,(H,48,52)/b32-19+,34-20-,38-37+. The molecule has 2 amide bonds. The Hall–Kier alpha value is -5.72. The van der Waals surface area contributed by atoms with Gasteiger partial charge in [-0.2, -0.15) is 13.2 Å². The van der Waals surface area contributed by atoms with Gasteiger partial charge in [0.05, 0.1) is 30.8 Å². The first-order valence-corrected chi connectivity index (χ1v) is 18.1. The van der Waals surface area contributed by atoms with E-state index in [1.54, 1.807) is 19.9 Å². The zero-order valence-corrected chi connectivity index (χ0v) is 32.2. The van der Waals surface area contributed by atoms with Crippen LogP contribution >= 0.6 is 0 Å². The van der Waals surface area contributed by atoms with Crippen molar-refractivity contribution in [2.24, 2.45) is 4.99 Å². The van der Waals surface area contributed by atoms with Crippen LogP contribution in [0.5, 0.6) is 0 Å². The van der Waals surface area contributed by atoms with Crippen molar-refractivity contribution >= 4 is 47.2 Å². The SMILES string of the molecule is CCC1=C(C)C(=O)N=C1/C(c1ccc(C(F)(F)F)cc1)=c1/[nH]/c(=C/c2[nH]c(/C=C3\NC(=O)C(C)=C3CCC(=O)OC)c(CCC(=O)OC)c2C)c(C)c1CC. The summed E-state index contributed by atoms with van der Waals surface area (Å²) < 4.78 is 50.5. The summed E-state index contributed by atoms with van der Waals surface area (Å²) in [6.07, 6.45) is 1.07. The van der Waals surface area contributed by atoms with Gasteiger partial charge in [0.1, 0.15) is 0 Å². The number of methoxy groups -OCH3 is 2. The minimum absolute atomic E-state index is 0.0861. The molecule has 2 aromatic heterocycles. The smallest absolute Gasteiger partial charge is 0.416 e. The highest BCUT2D eigenvalue weighted by molar-refractivity contribution is 6.38. The zero-order chi connectivity index (χ0) is 40.4. The van der Waals surface area contributed by atoms with E-state index in [4.69, 9.17) is 9.47 Å². The molecule has 0 bridgehead atoms. The molecule has 0 saturated carbocycles. The first kappa shape index (κ1) is 40.5. The number of carbonyl (C=O) groups is 4. The van der Waals surface area contributed by atoms with Gasteiger partial charge in [0.25, 0.3) is 11.8 Å². The highest BCUT2D eigenvalue weighted by Gasteiger charge is 2.32. The van der Waals surface area contributed by atoms with Crippen molar-refractivity contribution in [3.8, 4) is 0 Å². The number of esters is 2. The molecule has 2 aliphatic rings.